The van der Waals surface area contributed by atoms with Crippen LogP contribution in [0.4, 0.5) is 11.4 Å². The summed E-state index contributed by atoms with van der Waals surface area (Å²) in [5, 5.41) is 20.8. The third-order valence-electron chi connectivity index (χ3n) is 2.84. The van der Waals surface area contributed by atoms with Crippen molar-refractivity contribution in [1.29, 1.82) is 0 Å². The lowest BCUT2D eigenvalue weighted by molar-refractivity contribution is -0.394. The van der Waals surface area contributed by atoms with Gasteiger partial charge in [0.25, 0.3) is 5.69 Å². The quantitative estimate of drug-likeness (QED) is 0.321. The van der Waals surface area contributed by atoms with Crippen LogP contribution in [0.5, 0.6) is 11.5 Å². The molecule has 0 aliphatic carbocycles. The minimum absolute atomic E-state index is 0.000556. The van der Waals surface area contributed by atoms with Gasteiger partial charge in [0.15, 0.2) is 5.75 Å². The molecule has 0 radical (unpaired) electrons. The number of ether oxygens (including phenoxy) is 3. The van der Waals surface area contributed by atoms with E-state index >= 15 is 0 Å². The molecule has 0 fully saturated rings. The first-order valence-electron chi connectivity index (χ1n) is 7.87. The van der Waals surface area contributed by atoms with Crippen LogP contribution >= 0.6 is 0 Å². The summed E-state index contributed by atoms with van der Waals surface area (Å²) in [6, 6.07) is 12.9. The van der Waals surface area contributed by atoms with E-state index < -0.39 is 27.5 Å². The first-order valence-corrected chi connectivity index (χ1v) is 7.87. The highest BCUT2D eigenvalue weighted by atomic mass is 16.6. The SMILES string of the molecule is CC(=O)OC(C)=O.COc1ccc([N+](=O)[O-])cc1[N+](=O)[O-].COc1ccccc1. The van der Waals surface area contributed by atoms with Crippen LogP contribution in [0.25, 0.3) is 0 Å². The maximum atomic E-state index is 10.5. The number of carbonyl (C=O) groups excluding carboxylic acids is 2. The number of para-hydroxylation sites is 1. The Morgan fingerprint density at radius 2 is 1.38 bits per heavy atom. The Hall–Kier alpha value is -4.02. The largest absolute Gasteiger partial charge is 0.497 e. The summed E-state index contributed by atoms with van der Waals surface area (Å²) in [4.78, 5) is 39.0. The van der Waals surface area contributed by atoms with Crippen molar-refractivity contribution < 1.29 is 33.6 Å². The van der Waals surface area contributed by atoms with Crippen LogP contribution in [-0.4, -0.2) is 36.0 Å². The van der Waals surface area contributed by atoms with Crippen molar-refractivity contribution in [3.8, 4) is 11.5 Å². The summed E-state index contributed by atoms with van der Waals surface area (Å²) < 4.78 is 13.6. The molecule has 0 saturated heterocycles. The number of nitro groups is 2. The van der Waals surface area contributed by atoms with Gasteiger partial charge in [-0.15, -0.1) is 0 Å². The number of benzene rings is 2. The van der Waals surface area contributed by atoms with Crippen LogP contribution in [0.3, 0.4) is 0 Å². The third-order valence-corrected chi connectivity index (χ3v) is 2.84. The fraction of sp³-hybridized carbons (Fsp3) is 0.222. The molecular formula is C18H20N2O9. The number of rotatable bonds is 4. The minimum Gasteiger partial charge on any atom is -0.497 e. The predicted molar refractivity (Wildman–Crippen MR) is 102 cm³/mol. The van der Waals surface area contributed by atoms with Crippen molar-refractivity contribution in [2.45, 2.75) is 13.8 Å². The van der Waals surface area contributed by atoms with E-state index in [4.69, 9.17) is 4.74 Å². The van der Waals surface area contributed by atoms with Gasteiger partial charge in [0.1, 0.15) is 5.75 Å². The zero-order chi connectivity index (χ0) is 22.4. The Kier molecular flexibility index (Phi) is 11.4. The Bertz CT molecular complexity index is 826. The van der Waals surface area contributed by atoms with E-state index in [2.05, 4.69) is 9.47 Å². The highest BCUT2D eigenvalue weighted by molar-refractivity contribution is 5.82. The molecule has 11 heteroatoms. The maximum Gasteiger partial charge on any atom is 0.317 e. The summed E-state index contributed by atoms with van der Waals surface area (Å²) in [6.45, 7) is 2.36. The lowest BCUT2D eigenvalue weighted by Crippen LogP contribution is -2.03. The molecule has 2 aromatic carbocycles. The van der Waals surface area contributed by atoms with Gasteiger partial charge in [0.05, 0.1) is 30.1 Å². The number of hydrogen-bond acceptors (Lipinski definition) is 9. The van der Waals surface area contributed by atoms with Crippen molar-refractivity contribution in [2.24, 2.45) is 0 Å². The lowest BCUT2D eigenvalue weighted by atomic mass is 10.2. The number of carbonyl (C=O) groups is 2. The second-order valence-corrected chi connectivity index (χ2v) is 4.97. The van der Waals surface area contributed by atoms with Gasteiger partial charge in [-0.2, -0.15) is 0 Å². The maximum absolute atomic E-state index is 10.5. The van der Waals surface area contributed by atoms with Gasteiger partial charge in [0, 0.05) is 19.9 Å². The summed E-state index contributed by atoms with van der Waals surface area (Å²) in [7, 11) is 2.92. The average Bonchev–Trinajstić information content (AvgIpc) is 2.67. The van der Waals surface area contributed by atoms with E-state index in [1.54, 1.807) is 7.11 Å². The molecule has 0 amide bonds. The molecule has 0 aromatic heterocycles. The number of hydrogen-bond donors (Lipinski definition) is 0. The van der Waals surface area contributed by atoms with E-state index in [0.717, 1.165) is 17.9 Å². The monoisotopic (exact) mass is 408 g/mol. The van der Waals surface area contributed by atoms with Crippen LogP contribution in [-0.2, 0) is 14.3 Å². The zero-order valence-electron chi connectivity index (χ0n) is 16.2. The van der Waals surface area contributed by atoms with Crippen LogP contribution in [0.1, 0.15) is 13.8 Å². The van der Waals surface area contributed by atoms with Crippen LogP contribution in [0.2, 0.25) is 0 Å². The molecule has 0 saturated carbocycles. The summed E-state index contributed by atoms with van der Waals surface area (Å²) >= 11 is 0. The molecule has 0 unspecified atom stereocenters. The molecule has 0 bridgehead atoms. The van der Waals surface area contributed by atoms with Gasteiger partial charge in [-0.25, -0.2) is 0 Å². The van der Waals surface area contributed by atoms with Crippen LogP contribution in [0.15, 0.2) is 48.5 Å². The van der Waals surface area contributed by atoms with Crippen molar-refractivity contribution in [3.05, 3.63) is 68.8 Å². The Balaban J connectivity index is 0.000000444. The van der Waals surface area contributed by atoms with Gasteiger partial charge in [0.2, 0.25) is 0 Å². The number of non-ortho nitro benzene ring substituents is 1. The molecule has 0 N–H and O–H groups in total. The van der Waals surface area contributed by atoms with Gasteiger partial charge in [-0.05, 0) is 18.2 Å². The first-order chi connectivity index (χ1) is 13.6. The van der Waals surface area contributed by atoms with Gasteiger partial charge >= 0.3 is 17.6 Å². The second-order valence-electron chi connectivity index (χ2n) is 4.97. The van der Waals surface area contributed by atoms with E-state index in [0.29, 0.717) is 0 Å². The van der Waals surface area contributed by atoms with Crippen molar-refractivity contribution >= 4 is 23.3 Å². The highest BCUT2D eigenvalue weighted by Gasteiger charge is 2.19. The topological polar surface area (TPSA) is 148 Å². The molecular weight excluding hydrogens is 388 g/mol. The Labute approximate surface area is 166 Å². The molecule has 0 aliphatic rings. The molecule has 0 atom stereocenters. The molecule has 2 rings (SSSR count). The summed E-state index contributed by atoms with van der Waals surface area (Å²) in [5.41, 5.74) is -0.751. The normalized spacial score (nSPS) is 8.83. The first kappa shape index (κ1) is 25.0. The summed E-state index contributed by atoms with van der Waals surface area (Å²) in [5.74, 6) is -0.215. The predicted octanol–water partition coefficient (Wildman–Crippen LogP) is 3.30. The average molecular weight is 408 g/mol. The van der Waals surface area contributed by atoms with E-state index in [-0.39, 0.29) is 11.4 Å². The second kappa shape index (κ2) is 13.2. The van der Waals surface area contributed by atoms with Gasteiger partial charge in [-0.1, -0.05) is 18.2 Å². The highest BCUT2D eigenvalue weighted by Crippen LogP contribution is 2.30. The van der Waals surface area contributed by atoms with Crippen molar-refractivity contribution in [2.75, 3.05) is 14.2 Å². The van der Waals surface area contributed by atoms with E-state index in [1.807, 2.05) is 30.3 Å². The standard InChI is InChI=1S/C7H6N2O5.C7H8O.C4H6O3/c1-14-7-3-2-5(8(10)11)4-6(7)9(12)13;1-8-7-5-3-2-4-6-7;1-3(5)7-4(2)6/h2-4H,1H3;2-6H,1H3;1-2H3. The fourth-order valence-electron chi connectivity index (χ4n) is 1.69. The van der Waals surface area contributed by atoms with Gasteiger partial charge in [-0.3, -0.25) is 29.8 Å². The zero-order valence-corrected chi connectivity index (χ0v) is 16.2. The molecule has 156 valence electrons. The Morgan fingerprint density at radius 1 is 0.828 bits per heavy atom. The van der Waals surface area contributed by atoms with Crippen LogP contribution in [0, 0.1) is 20.2 Å². The molecule has 29 heavy (non-hydrogen) atoms. The van der Waals surface area contributed by atoms with Gasteiger partial charge < -0.3 is 14.2 Å². The van der Waals surface area contributed by atoms with Crippen molar-refractivity contribution in [3.63, 3.8) is 0 Å². The van der Waals surface area contributed by atoms with Crippen molar-refractivity contribution in [1.82, 2.24) is 0 Å². The number of nitro benzene ring substituents is 2. The smallest absolute Gasteiger partial charge is 0.317 e. The minimum atomic E-state index is -0.730. The van der Waals surface area contributed by atoms with E-state index in [1.165, 1.54) is 27.0 Å². The fourth-order valence-corrected chi connectivity index (χ4v) is 1.69. The lowest BCUT2D eigenvalue weighted by Gasteiger charge is -1.99. The molecule has 0 spiro atoms. The Morgan fingerprint density at radius 3 is 1.69 bits per heavy atom. The molecule has 0 heterocycles. The number of nitrogens with zero attached hydrogens (tertiary/aromatic N) is 2. The molecule has 11 nitrogen and oxygen atoms in total. The number of esters is 2. The third kappa shape index (κ3) is 10.7. The van der Waals surface area contributed by atoms with Crippen LogP contribution < -0.4 is 9.47 Å². The number of methoxy groups -OCH3 is 2. The molecule has 2 aromatic rings. The van der Waals surface area contributed by atoms with E-state index in [9.17, 15) is 29.8 Å². The summed E-state index contributed by atoms with van der Waals surface area (Å²) in [6.07, 6.45) is 0. The molecule has 0 aliphatic heterocycles.